The number of aryl methyl sites for hydroxylation is 1. The van der Waals surface area contributed by atoms with Crippen molar-refractivity contribution in [3.8, 4) is 0 Å². The van der Waals surface area contributed by atoms with Crippen LogP contribution in [0.25, 0.3) is 16.9 Å². The average Bonchev–Trinajstić information content (AvgIpc) is 3.30. The summed E-state index contributed by atoms with van der Waals surface area (Å²) in [5.41, 5.74) is 11.5. The Bertz CT molecular complexity index is 1310. The lowest BCUT2D eigenvalue weighted by Crippen LogP contribution is -2.50. The number of morpholine rings is 1. The van der Waals surface area contributed by atoms with Crippen LogP contribution in [0.2, 0.25) is 0 Å². The number of aromatic nitrogens is 3. The molecule has 0 bridgehead atoms. The van der Waals surface area contributed by atoms with Gasteiger partial charge in [-0.3, -0.25) is 4.90 Å². The van der Waals surface area contributed by atoms with Crippen LogP contribution in [0.1, 0.15) is 23.4 Å². The maximum absolute atomic E-state index is 14.7. The van der Waals surface area contributed by atoms with Crippen molar-refractivity contribution in [1.29, 1.82) is 0 Å². The molecular weight excluding hydrogens is 483 g/mol. The number of piperidine rings is 1. The summed E-state index contributed by atoms with van der Waals surface area (Å²) in [4.78, 5) is 23.9. The van der Waals surface area contributed by atoms with E-state index in [9.17, 15) is 4.39 Å². The van der Waals surface area contributed by atoms with Gasteiger partial charge < -0.3 is 25.3 Å². The Morgan fingerprint density at radius 2 is 2.05 bits per heavy atom. The highest BCUT2D eigenvalue weighted by molar-refractivity contribution is 5.90. The second kappa shape index (κ2) is 11.6. The predicted molar refractivity (Wildman–Crippen MR) is 151 cm³/mol. The van der Waals surface area contributed by atoms with E-state index in [-0.39, 0.29) is 6.04 Å². The van der Waals surface area contributed by atoms with E-state index in [1.165, 1.54) is 0 Å². The number of aliphatic imine (C=N–C) groups is 1. The normalized spacial score (nSPS) is 21.7. The van der Waals surface area contributed by atoms with Crippen molar-refractivity contribution in [2.45, 2.75) is 32.1 Å². The van der Waals surface area contributed by atoms with Crippen LogP contribution in [0.4, 0.5) is 15.9 Å². The van der Waals surface area contributed by atoms with E-state index in [1.807, 2.05) is 56.3 Å². The highest BCUT2D eigenvalue weighted by Crippen LogP contribution is 2.30. The SMILES string of the molecule is Cc1cccc(/C(N)=C/C=Nc2cc(N3CCOCC3)c3[nH]c(CN4CCC(N(C)C)C(F)C4)nc3n2)c1. The standard InChI is InChI=1S/C28H37FN8O/c1-19-5-4-6-20(15-19)22(30)7-9-31-25-16-24(37-11-13-38-14-12-37)27-28(33-25)34-26(32-27)18-36-10-8-23(35(2)3)21(29)17-36/h4-7,9,15-16,21,23H,8,10-14,17-18,30H2,1-3H3,(H,32,33,34)/b22-7-,31-9?. The molecular formula is C28H37FN8O. The molecule has 2 atom stereocenters. The Balaban J connectivity index is 1.40. The van der Waals surface area contributed by atoms with E-state index in [4.69, 9.17) is 20.4 Å². The van der Waals surface area contributed by atoms with Crippen molar-refractivity contribution in [2.75, 3.05) is 58.4 Å². The fourth-order valence-corrected chi connectivity index (χ4v) is 5.21. The van der Waals surface area contributed by atoms with E-state index < -0.39 is 6.17 Å². The Labute approximate surface area is 223 Å². The molecule has 3 N–H and O–H groups in total. The van der Waals surface area contributed by atoms with Crippen molar-refractivity contribution in [1.82, 2.24) is 24.8 Å². The number of nitrogens with zero attached hydrogens (tertiary/aromatic N) is 6. The number of pyridine rings is 1. The minimum atomic E-state index is -0.883. The number of ether oxygens (including phenoxy) is 1. The number of allylic oxidation sites excluding steroid dienone is 1. The van der Waals surface area contributed by atoms with E-state index >= 15 is 0 Å². The van der Waals surface area contributed by atoms with Gasteiger partial charge in [-0.15, -0.1) is 0 Å². The molecule has 0 radical (unpaired) electrons. The van der Waals surface area contributed by atoms with Crippen molar-refractivity contribution in [3.05, 3.63) is 53.4 Å². The number of hydrogen-bond donors (Lipinski definition) is 2. The molecule has 2 unspecified atom stereocenters. The number of aromatic amines is 1. The lowest BCUT2D eigenvalue weighted by molar-refractivity contribution is 0.0534. The van der Waals surface area contributed by atoms with Crippen LogP contribution in [0, 0.1) is 6.92 Å². The Kier molecular flexibility index (Phi) is 8.01. The number of likely N-dealkylation sites (tertiary alicyclic amines) is 1. The number of nitrogens with one attached hydrogen (secondary N) is 1. The zero-order valence-electron chi connectivity index (χ0n) is 22.4. The lowest BCUT2D eigenvalue weighted by Gasteiger charge is -2.37. The van der Waals surface area contributed by atoms with Gasteiger partial charge >= 0.3 is 0 Å². The van der Waals surface area contributed by atoms with Gasteiger partial charge in [0.1, 0.15) is 17.5 Å². The number of H-pyrrole nitrogens is 1. The molecule has 2 fully saturated rings. The zero-order valence-corrected chi connectivity index (χ0v) is 22.4. The van der Waals surface area contributed by atoms with Crippen LogP contribution in [-0.2, 0) is 11.3 Å². The van der Waals surface area contributed by atoms with Gasteiger partial charge in [0, 0.05) is 50.2 Å². The molecule has 5 rings (SSSR count). The second-order valence-electron chi connectivity index (χ2n) is 10.3. The summed E-state index contributed by atoms with van der Waals surface area (Å²) in [6.45, 7) is 6.69. The fourth-order valence-electron chi connectivity index (χ4n) is 5.21. The topological polar surface area (TPSA) is 98.9 Å². The van der Waals surface area contributed by atoms with E-state index in [2.05, 4.69) is 19.8 Å². The number of halogens is 1. The largest absolute Gasteiger partial charge is 0.398 e. The van der Waals surface area contributed by atoms with Gasteiger partial charge in [0.25, 0.3) is 0 Å². The third-order valence-corrected chi connectivity index (χ3v) is 7.27. The smallest absolute Gasteiger partial charge is 0.182 e. The van der Waals surface area contributed by atoms with Crippen LogP contribution in [0.3, 0.4) is 0 Å². The van der Waals surface area contributed by atoms with Crippen molar-refractivity contribution < 1.29 is 9.13 Å². The molecule has 2 aliphatic heterocycles. The minimum Gasteiger partial charge on any atom is -0.398 e. The lowest BCUT2D eigenvalue weighted by atomic mass is 10.0. The number of anilines is 1. The first-order chi connectivity index (χ1) is 18.4. The quantitative estimate of drug-likeness (QED) is 0.462. The van der Waals surface area contributed by atoms with Gasteiger partial charge in [-0.1, -0.05) is 23.8 Å². The van der Waals surface area contributed by atoms with Crippen LogP contribution in [-0.4, -0.2) is 96.7 Å². The maximum atomic E-state index is 14.7. The Hall–Kier alpha value is -3.34. The number of nitrogens with two attached hydrogens (primary N) is 1. The molecule has 2 saturated heterocycles. The monoisotopic (exact) mass is 520 g/mol. The fraction of sp³-hybridized carbons (Fsp3) is 0.464. The molecule has 3 aromatic rings. The molecule has 9 nitrogen and oxygen atoms in total. The number of hydrogen-bond acceptors (Lipinski definition) is 8. The van der Waals surface area contributed by atoms with Gasteiger partial charge in [0.05, 0.1) is 25.4 Å². The van der Waals surface area contributed by atoms with Gasteiger partial charge in [-0.05, 0) is 45.1 Å². The third kappa shape index (κ3) is 6.03. The van der Waals surface area contributed by atoms with Crippen LogP contribution in [0.5, 0.6) is 0 Å². The first-order valence-electron chi connectivity index (χ1n) is 13.2. The summed E-state index contributed by atoms with van der Waals surface area (Å²) in [6, 6.07) is 9.98. The van der Waals surface area contributed by atoms with Crippen LogP contribution >= 0.6 is 0 Å². The molecule has 1 aromatic carbocycles. The van der Waals surface area contributed by atoms with Crippen molar-refractivity contribution >= 4 is 34.6 Å². The second-order valence-corrected chi connectivity index (χ2v) is 10.3. The molecule has 38 heavy (non-hydrogen) atoms. The summed E-state index contributed by atoms with van der Waals surface area (Å²) in [5.74, 6) is 1.34. The minimum absolute atomic E-state index is 0.0362. The summed E-state index contributed by atoms with van der Waals surface area (Å²) in [7, 11) is 3.88. The number of imidazole rings is 1. The average molecular weight is 521 g/mol. The summed E-state index contributed by atoms with van der Waals surface area (Å²) in [5, 5.41) is 0. The molecule has 202 valence electrons. The van der Waals surface area contributed by atoms with Crippen LogP contribution in [0.15, 0.2) is 41.4 Å². The molecule has 0 spiro atoms. The number of rotatable bonds is 7. The van der Waals surface area contributed by atoms with E-state index in [1.54, 1.807) is 12.3 Å². The summed E-state index contributed by atoms with van der Waals surface area (Å²) < 4.78 is 20.3. The van der Waals surface area contributed by atoms with E-state index in [0.717, 1.165) is 54.2 Å². The molecule has 2 aromatic heterocycles. The van der Waals surface area contributed by atoms with Crippen molar-refractivity contribution in [3.63, 3.8) is 0 Å². The Morgan fingerprint density at radius 1 is 1.24 bits per heavy atom. The Morgan fingerprint density at radius 3 is 2.79 bits per heavy atom. The molecule has 2 aliphatic rings. The third-order valence-electron chi connectivity index (χ3n) is 7.27. The van der Waals surface area contributed by atoms with Gasteiger partial charge in [-0.25, -0.2) is 19.4 Å². The first kappa shape index (κ1) is 26.3. The zero-order chi connectivity index (χ0) is 26.6. The molecule has 10 heteroatoms. The molecule has 0 saturated carbocycles. The summed E-state index contributed by atoms with van der Waals surface area (Å²) >= 11 is 0. The molecule has 0 aliphatic carbocycles. The van der Waals surface area contributed by atoms with Crippen LogP contribution < -0.4 is 10.6 Å². The van der Waals surface area contributed by atoms with E-state index in [0.29, 0.717) is 43.5 Å². The molecule has 4 heterocycles. The number of benzene rings is 1. The highest BCUT2D eigenvalue weighted by Gasteiger charge is 2.31. The maximum Gasteiger partial charge on any atom is 0.182 e. The number of fused-ring (bicyclic) bond motifs is 1. The van der Waals surface area contributed by atoms with Gasteiger partial charge in [-0.2, -0.15) is 0 Å². The predicted octanol–water partition coefficient (Wildman–Crippen LogP) is 3.28. The first-order valence-corrected chi connectivity index (χ1v) is 13.2. The number of alkyl halides is 1. The van der Waals surface area contributed by atoms with Gasteiger partial charge in [0.15, 0.2) is 11.5 Å². The molecule has 0 amide bonds. The van der Waals surface area contributed by atoms with Crippen molar-refractivity contribution in [2.24, 2.45) is 10.7 Å². The highest BCUT2D eigenvalue weighted by atomic mass is 19.1. The summed E-state index contributed by atoms with van der Waals surface area (Å²) in [6.07, 6.45) is 3.38. The van der Waals surface area contributed by atoms with Gasteiger partial charge in [0.2, 0.25) is 0 Å².